The van der Waals surface area contributed by atoms with Crippen molar-refractivity contribution in [1.82, 2.24) is 15.2 Å². The smallest absolute Gasteiger partial charge is 0.206 e. The lowest BCUT2D eigenvalue weighted by Crippen LogP contribution is -2.48. The number of nitrogens with one attached hydrogen (secondary N) is 1. The van der Waals surface area contributed by atoms with Crippen LogP contribution < -0.4 is 5.32 Å². The summed E-state index contributed by atoms with van der Waals surface area (Å²) in [6.07, 6.45) is 1.15. The fourth-order valence-electron chi connectivity index (χ4n) is 3.05. The van der Waals surface area contributed by atoms with Crippen LogP contribution in [0.15, 0.2) is 34.2 Å². The predicted molar refractivity (Wildman–Crippen MR) is 99.4 cm³/mol. The number of hydrogen-bond acceptors (Lipinski definition) is 6. The van der Waals surface area contributed by atoms with E-state index >= 15 is 0 Å². The van der Waals surface area contributed by atoms with Gasteiger partial charge >= 0.3 is 0 Å². The minimum atomic E-state index is -0.920. The molecule has 0 spiro atoms. The van der Waals surface area contributed by atoms with E-state index in [1.807, 2.05) is 12.1 Å². The summed E-state index contributed by atoms with van der Waals surface area (Å²) in [5, 5.41) is 13.0. The lowest BCUT2D eigenvalue weighted by atomic mass is 9.65. The largest absolute Gasteiger partial charge is 0.359 e. The first-order valence-electron chi connectivity index (χ1n) is 7.64. The Balaban J connectivity index is 1.51. The van der Waals surface area contributed by atoms with Gasteiger partial charge in [-0.25, -0.2) is 8.78 Å². The molecule has 3 aromatic rings. The summed E-state index contributed by atoms with van der Waals surface area (Å²) in [7, 11) is 0. The summed E-state index contributed by atoms with van der Waals surface area (Å²) < 4.78 is 28.8. The van der Waals surface area contributed by atoms with Crippen LogP contribution in [0.1, 0.15) is 18.5 Å². The Morgan fingerprint density at radius 2 is 2.08 bits per heavy atom. The van der Waals surface area contributed by atoms with Crippen LogP contribution in [0, 0.1) is 5.82 Å². The van der Waals surface area contributed by atoms with Crippen LogP contribution in [0.25, 0.3) is 9.88 Å². The van der Waals surface area contributed by atoms with Gasteiger partial charge in [-0.15, -0.1) is 21.5 Å². The predicted octanol–water partition coefficient (Wildman–Crippen LogP) is 5.05. The Labute approximate surface area is 159 Å². The van der Waals surface area contributed by atoms with Crippen molar-refractivity contribution >= 4 is 43.7 Å². The number of pyridine rings is 1. The van der Waals surface area contributed by atoms with Crippen molar-refractivity contribution in [1.29, 1.82) is 0 Å². The number of rotatable bonds is 5. The van der Waals surface area contributed by atoms with Crippen LogP contribution in [-0.4, -0.2) is 27.9 Å². The fraction of sp³-hybridized carbons (Fsp3) is 0.312. The number of anilines is 1. The monoisotopic (exact) mass is 442 g/mol. The van der Waals surface area contributed by atoms with Crippen molar-refractivity contribution in [3.05, 3.63) is 45.8 Å². The molecule has 3 heterocycles. The normalized spacial score (nSPS) is 22.6. The van der Waals surface area contributed by atoms with Gasteiger partial charge in [0.15, 0.2) is 5.01 Å². The van der Waals surface area contributed by atoms with Gasteiger partial charge in [0.2, 0.25) is 5.13 Å². The fourth-order valence-corrected chi connectivity index (χ4v) is 5.23. The molecule has 9 heteroatoms. The molecule has 4 rings (SSSR count). The quantitative estimate of drug-likeness (QED) is 0.600. The zero-order chi connectivity index (χ0) is 17.4. The molecular formula is C16H13BrF2N4S2. The van der Waals surface area contributed by atoms with E-state index in [1.54, 1.807) is 23.6 Å². The molecule has 1 aliphatic carbocycles. The van der Waals surface area contributed by atoms with Crippen molar-refractivity contribution in [3.63, 3.8) is 0 Å². The summed E-state index contributed by atoms with van der Waals surface area (Å²) in [5.41, 5.74) is -0.314. The molecular weight excluding hydrogens is 430 g/mol. The van der Waals surface area contributed by atoms with E-state index in [0.717, 1.165) is 13.7 Å². The molecule has 0 amide bonds. The second kappa shape index (κ2) is 6.69. The minimum Gasteiger partial charge on any atom is -0.359 e. The van der Waals surface area contributed by atoms with Crippen LogP contribution in [0.5, 0.6) is 0 Å². The second-order valence-electron chi connectivity index (χ2n) is 5.99. The third kappa shape index (κ3) is 3.32. The topological polar surface area (TPSA) is 50.7 Å². The highest BCUT2D eigenvalue weighted by Crippen LogP contribution is 2.46. The van der Waals surface area contributed by atoms with Crippen molar-refractivity contribution in [2.45, 2.75) is 24.4 Å². The van der Waals surface area contributed by atoms with Crippen molar-refractivity contribution in [3.8, 4) is 9.88 Å². The van der Waals surface area contributed by atoms with Gasteiger partial charge in [-0.1, -0.05) is 11.3 Å². The van der Waals surface area contributed by atoms with Gasteiger partial charge in [0.25, 0.3) is 0 Å². The number of hydrogen-bond donors (Lipinski definition) is 1. The zero-order valence-electron chi connectivity index (χ0n) is 12.9. The molecule has 25 heavy (non-hydrogen) atoms. The number of aromatic nitrogens is 3. The van der Waals surface area contributed by atoms with E-state index < -0.39 is 17.4 Å². The van der Waals surface area contributed by atoms with Crippen molar-refractivity contribution in [2.75, 3.05) is 11.9 Å². The maximum atomic E-state index is 14.1. The molecule has 0 bridgehead atoms. The SMILES string of the molecule is Fc1cccnc1[C@]1(CNc2nnc(-c3ccc(Br)s3)s2)C[C@@H](F)C1. The van der Waals surface area contributed by atoms with E-state index in [1.165, 1.54) is 17.4 Å². The van der Waals surface area contributed by atoms with Gasteiger partial charge < -0.3 is 5.32 Å². The molecule has 1 fully saturated rings. The highest BCUT2D eigenvalue weighted by Gasteiger charge is 2.48. The van der Waals surface area contributed by atoms with Crippen LogP contribution >= 0.6 is 38.6 Å². The van der Waals surface area contributed by atoms with Crippen LogP contribution in [0.3, 0.4) is 0 Å². The number of thiophene rings is 1. The first-order chi connectivity index (χ1) is 12.1. The second-order valence-corrected chi connectivity index (χ2v) is 9.43. The molecule has 0 radical (unpaired) electrons. The maximum absolute atomic E-state index is 14.1. The van der Waals surface area contributed by atoms with E-state index in [4.69, 9.17) is 0 Å². The third-order valence-corrected chi connectivity index (χ3v) is 6.95. The van der Waals surface area contributed by atoms with Gasteiger partial charge in [0, 0.05) is 18.2 Å². The van der Waals surface area contributed by atoms with Crippen LogP contribution in [0.2, 0.25) is 0 Å². The Morgan fingerprint density at radius 3 is 2.76 bits per heavy atom. The lowest BCUT2D eigenvalue weighted by Gasteiger charge is -2.43. The summed E-state index contributed by atoms with van der Waals surface area (Å²) in [6.45, 7) is 0.379. The first-order valence-corrected chi connectivity index (χ1v) is 10.1. The summed E-state index contributed by atoms with van der Waals surface area (Å²) >= 11 is 6.43. The average Bonchev–Trinajstić information content (AvgIpc) is 3.20. The average molecular weight is 443 g/mol. The number of nitrogens with zero attached hydrogens (tertiary/aromatic N) is 3. The first kappa shape index (κ1) is 17.0. The Morgan fingerprint density at radius 1 is 1.24 bits per heavy atom. The van der Waals surface area contributed by atoms with Gasteiger partial charge in [-0.3, -0.25) is 4.98 Å². The Kier molecular flexibility index (Phi) is 4.55. The molecule has 0 atom stereocenters. The van der Waals surface area contributed by atoms with Crippen LogP contribution in [-0.2, 0) is 5.41 Å². The van der Waals surface area contributed by atoms with Crippen LogP contribution in [0.4, 0.5) is 13.9 Å². The summed E-state index contributed by atoms with van der Waals surface area (Å²) in [4.78, 5) is 5.18. The van der Waals surface area contributed by atoms with E-state index in [2.05, 4.69) is 36.4 Å². The lowest BCUT2D eigenvalue weighted by molar-refractivity contribution is 0.0965. The Hall–Kier alpha value is -1.45. The minimum absolute atomic E-state index is 0.261. The zero-order valence-corrected chi connectivity index (χ0v) is 16.1. The van der Waals surface area contributed by atoms with Gasteiger partial charge in [0.1, 0.15) is 12.0 Å². The summed E-state index contributed by atoms with van der Waals surface area (Å²) in [6, 6.07) is 6.85. The number of alkyl halides is 1. The van der Waals surface area contributed by atoms with Crippen molar-refractivity contribution in [2.24, 2.45) is 0 Å². The standard InChI is InChI=1S/C16H13BrF2N4S2/c17-12-4-3-11(24-12)14-22-23-15(25-14)21-8-16(6-9(18)7-16)13-10(19)2-1-5-20-13/h1-5,9H,6-8H2,(H,21,23)/t9-,16-. The molecule has 3 aromatic heterocycles. The number of halogens is 3. The maximum Gasteiger partial charge on any atom is 0.206 e. The summed E-state index contributed by atoms with van der Waals surface area (Å²) in [5.74, 6) is -0.391. The third-order valence-electron chi connectivity index (χ3n) is 4.27. The molecule has 1 aliphatic rings. The highest BCUT2D eigenvalue weighted by atomic mass is 79.9. The molecule has 4 nitrogen and oxygen atoms in total. The highest BCUT2D eigenvalue weighted by molar-refractivity contribution is 9.11. The molecule has 1 N–H and O–H groups in total. The van der Waals surface area contributed by atoms with E-state index in [0.29, 0.717) is 17.4 Å². The van der Waals surface area contributed by atoms with Gasteiger partial charge in [-0.2, -0.15) is 0 Å². The molecule has 0 saturated heterocycles. The van der Waals surface area contributed by atoms with E-state index in [9.17, 15) is 8.78 Å². The van der Waals surface area contributed by atoms with Gasteiger partial charge in [0.05, 0.1) is 14.4 Å². The molecule has 0 aromatic carbocycles. The van der Waals surface area contributed by atoms with E-state index in [-0.39, 0.29) is 12.8 Å². The van der Waals surface area contributed by atoms with Gasteiger partial charge in [-0.05, 0) is 53.0 Å². The molecule has 1 saturated carbocycles. The molecule has 0 aliphatic heterocycles. The molecule has 130 valence electrons. The Bertz CT molecular complexity index is 892. The molecule has 0 unspecified atom stereocenters. The van der Waals surface area contributed by atoms with Crippen molar-refractivity contribution < 1.29 is 8.78 Å².